The van der Waals surface area contributed by atoms with Crippen LogP contribution in [0.3, 0.4) is 0 Å². The first-order valence-electron chi connectivity index (χ1n) is 11.4. The summed E-state index contributed by atoms with van der Waals surface area (Å²) in [6, 6.07) is 21.0. The molecule has 1 aliphatic rings. The largest absolute Gasteiger partial charge is 0.487 e. The summed E-state index contributed by atoms with van der Waals surface area (Å²) < 4.78 is 6.29. The summed E-state index contributed by atoms with van der Waals surface area (Å²) in [5.74, 6) is -0.621. The molecule has 1 atom stereocenters. The predicted molar refractivity (Wildman–Crippen MR) is 133 cm³/mol. The topological polar surface area (TPSA) is 66.8 Å². The monoisotopic (exact) mass is 477 g/mol. The van der Waals surface area contributed by atoms with Crippen LogP contribution in [-0.4, -0.2) is 34.0 Å². The standard InChI is InChI=1S/C28H28ClNO4/c1-3-19-4-6-20(7-5-19)15-28(2)16-23-14-22(10-13-25(23)34-28)27(33)30(18-26(31)32)17-21-8-11-24(29)12-9-21/h4-14H,3,15-18H2,1-2H3,(H,31,32)/t28-/m0/s1. The van der Waals surface area contributed by atoms with Gasteiger partial charge in [-0.3, -0.25) is 9.59 Å². The summed E-state index contributed by atoms with van der Waals surface area (Å²) in [6.07, 6.45) is 2.44. The fourth-order valence-electron chi connectivity index (χ4n) is 4.43. The average molecular weight is 478 g/mol. The Morgan fingerprint density at radius 2 is 1.65 bits per heavy atom. The molecule has 0 bridgehead atoms. The minimum Gasteiger partial charge on any atom is -0.487 e. The van der Waals surface area contributed by atoms with Crippen LogP contribution in [0.5, 0.6) is 5.75 Å². The first kappa shape index (κ1) is 23.8. The number of carbonyl (C=O) groups excluding carboxylic acids is 1. The van der Waals surface area contributed by atoms with Gasteiger partial charge in [0.05, 0.1) is 0 Å². The third kappa shape index (κ3) is 5.60. The maximum absolute atomic E-state index is 13.3. The van der Waals surface area contributed by atoms with E-state index in [-0.39, 0.29) is 19.0 Å². The van der Waals surface area contributed by atoms with Gasteiger partial charge in [0, 0.05) is 30.0 Å². The molecule has 1 heterocycles. The first-order chi connectivity index (χ1) is 16.2. The van der Waals surface area contributed by atoms with Crippen LogP contribution in [0.2, 0.25) is 5.02 Å². The zero-order chi connectivity index (χ0) is 24.3. The lowest BCUT2D eigenvalue weighted by Crippen LogP contribution is -2.35. The Morgan fingerprint density at radius 1 is 1.00 bits per heavy atom. The third-order valence-corrected chi connectivity index (χ3v) is 6.39. The molecule has 0 aliphatic carbocycles. The molecule has 0 fully saturated rings. The van der Waals surface area contributed by atoms with Gasteiger partial charge in [-0.1, -0.05) is 54.9 Å². The van der Waals surface area contributed by atoms with E-state index < -0.39 is 11.6 Å². The molecule has 176 valence electrons. The minimum atomic E-state index is -1.06. The van der Waals surface area contributed by atoms with Gasteiger partial charge in [0.15, 0.2) is 0 Å². The van der Waals surface area contributed by atoms with Crippen LogP contribution in [-0.2, 0) is 30.6 Å². The number of aryl methyl sites for hydroxylation is 1. The van der Waals surface area contributed by atoms with E-state index in [4.69, 9.17) is 16.3 Å². The SMILES string of the molecule is CCc1ccc(C[C@@]2(C)Cc3cc(C(=O)N(CC(=O)O)Cc4ccc(Cl)cc4)ccc3O2)cc1. The van der Waals surface area contributed by atoms with Crippen LogP contribution in [0.15, 0.2) is 66.7 Å². The molecule has 4 rings (SSSR count). The minimum absolute atomic E-state index is 0.182. The van der Waals surface area contributed by atoms with Crippen LogP contribution in [0.25, 0.3) is 0 Å². The maximum atomic E-state index is 13.3. The third-order valence-electron chi connectivity index (χ3n) is 6.14. The van der Waals surface area contributed by atoms with Crippen LogP contribution in [0, 0.1) is 0 Å². The van der Waals surface area contributed by atoms with Crippen molar-refractivity contribution in [1.82, 2.24) is 4.90 Å². The van der Waals surface area contributed by atoms with Gasteiger partial charge in [-0.15, -0.1) is 0 Å². The van der Waals surface area contributed by atoms with Gasteiger partial charge in [0.25, 0.3) is 5.91 Å². The normalized spacial score (nSPS) is 16.6. The summed E-state index contributed by atoms with van der Waals surface area (Å²) in [5.41, 5.74) is 4.33. The molecule has 6 heteroatoms. The summed E-state index contributed by atoms with van der Waals surface area (Å²) >= 11 is 5.95. The van der Waals surface area contributed by atoms with Crippen molar-refractivity contribution in [3.63, 3.8) is 0 Å². The molecule has 34 heavy (non-hydrogen) atoms. The fourth-order valence-corrected chi connectivity index (χ4v) is 4.56. The molecule has 5 nitrogen and oxygen atoms in total. The molecular weight excluding hydrogens is 450 g/mol. The molecule has 0 radical (unpaired) electrons. The molecule has 0 spiro atoms. The number of carboxylic acids is 1. The molecule has 1 N–H and O–H groups in total. The number of carbonyl (C=O) groups is 2. The Balaban J connectivity index is 1.51. The van der Waals surface area contributed by atoms with Crippen molar-refractivity contribution in [1.29, 1.82) is 0 Å². The number of fused-ring (bicyclic) bond motifs is 1. The first-order valence-corrected chi connectivity index (χ1v) is 11.8. The summed E-state index contributed by atoms with van der Waals surface area (Å²) in [7, 11) is 0. The Bertz CT molecular complexity index is 1190. The van der Waals surface area contributed by atoms with E-state index in [9.17, 15) is 14.7 Å². The van der Waals surface area contributed by atoms with Gasteiger partial charge in [0.1, 0.15) is 17.9 Å². The van der Waals surface area contributed by atoms with E-state index in [1.165, 1.54) is 16.0 Å². The van der Waals surface area contributed by atoms with Gasteiger partial charge in [-0.2, -0.15) is 0 Å². The van der Waals surface area contributed by atoms with E-state index in [1.54, 1.807) is 30.3 Å². The van der Waals surface area contributed by atoms with E-state index in [1.807, 2.05) is 12.1 Å². The van der Waals surface area contributed by atoms with Gasteiger partial charge >= 0.3 is 5.97 Å². The highest BCUT2D eigenvalue weighted by Gasteiger charge is 2.35. The molecular formula is C28H28ClNO4. The van der Waals surface area contributed by atoms with Crippen molar-refractivity contribution >= 4 is 23.5 Å². The molecule has 0 unspecified atom stereocenters. The number of halogens is 1. The number of hydrogen-bond acceptors (Lipinski definition) is 3. The summed E-state index contributed by atoms with van der Waals surface area (Å²) in [4.78, 5) is 26.0. The number of ether oxygens (including phenoxy) is 1. The molecule has 0 saturated heterocycles. The van der Waals surface area contributed by atoms with Crippen LogP contribution >= 0.6 is 11.6 Å². The predicted octanol–water partition coefficient (Wildman–Crippen LogP) is 5.57. The van der Waals surface area contributed by atoms with Gasteiger partial charge in [0.2, 0.25) is 0 Å². The van der Waals surface area contributed by atoms with Crippen LogP contribution in [0.4, 0.5) is 0 Å². The molecule has 3 aromatic rings. The van der Waals surface area contributed by atoms with Gasteiger partial charge < -0.3 is 14.7 Å². The molecule has 0 saturated carbocycles. The van der Waals surface area contributed by atoms with E-state index >= 15 is 0 Å². The number of amides is 1. The van der Waals surface area contributed by atoms with E-state index in [2.05, 4.69) is 38.1 Å². The number of carboxylic acid groups (broad SMARTS) is 1. The lowest BCUT2D eigenvalue weighted by Gasteiger charge is -2.24. The highest BCUT2D eigenvalue weighted by molar-refractivity contribution is 6.30. The average Bonchev–Trinajstić information content (AvgIpc) is 3.14. The van der Waals surface area contributed by atoms with Crippen LogP contribution < -0.4 is 4.74 Å². The number of aliphatic carboxylic acids is 1. The Kier molecular flexibility index (Phi) is 6.94. The fraction of sp³-hybridized carbons (Fsp3) is 0.286. The second-order valence-electron chi connectivity index (χ2n) is 9.08. The Labute approximate surface area is 204 Å². The number of benzene rings is 3. The second kappa shape index (κ2) is 9.90. The smallest absolute Gasteiger partial charge is 0.323 e. The second-order valence-corrected chi connectivity index (χ2v) is 9.52. The molecule has 0 aromatic heterocycles. The highest BCUT2D eigenvalue weighted by Crippen LogP contribution is 2.37. The van der Waals surface area contributed by atoms with Crippen LogP contribution in [0.1, 0.15) is 46.5 Å². The number of nitrogens with zero attached hydrogens (tertiary/aromatic N) is 1. The van der Waals surface area contributed by atoms with E-state index in [0.29, 0.717) is 17.0 Å². The molecule has 1 aliphatic heterocycles. The van der Waals surface area contributed by atoms with Gasteiger partial charge in [-0.05, 0) is 65.9 Å². The van der Waals surface area contributed by atoms with Gasteiger partial charge in [-0.25, -0.2) is 0 Å². The van der Waals surface area contributed by atoms with Crippen molar-refractivity contribution in [2.75, 3.05) is 6.54 Å². The zero-order valence-electron chi connectivity index (χ0n) is 19.4. The quantitative estimate of drug-likeness (QED) is 0.461. The summed E-state index contributed by atoms with van der Waals surface area (Å²) in [5, 5.41) is 9.95. The maximum Gasteiger partial charge on any atom is 0.323 e. The zero-order valence-corrected chi connectivity index (χ0v) is 20.1. The van der Waals surface area contributed by atoms with Crippen molar-refractivity contribution < 1.29 is 19.4 Å². The van der Waals surface area contributed by atoms with Crippen molar-refractivity contribution in [2.24, 2.45) is 0 Å². The van der Waals surface area contributed by atoms with Crippen molar-refractivity contribution in [3.8, 4) is 5.75 Å². The molecule has 1 amide bonds. The summed E-state index contributed by atoms with van der Waals surface area (Å²) in [6.45, 7) is 4.01. The van der Waals surface area contributed by atoms with Crippen molar-refractivity contribution in [3.05, 3.63) is 99.6 Å². The Morgan fingerprint density at radius 3 is 2.29 bits per heavy atom. The highest BCUT2D eigenvalue weighted by atomic mass is 35.5. The van der Waals surface area contributed by atoms with Crippen molar-refractivity contribution in [2.45, 2.75) is 45.3 Å². The lowest BCUT2D eigenvalue weighted by molar-refractivity contribution is -0.137. The number of rotatable bonds is 8. The van der Waals surface area contributed by atoms with E-state index in [0.717, 1.165) is 29.7 Å². The molecule has 3 aromatic carbocycles. The number of hydrogen-bond donors (Lipinski definition) is 1. The Hall–Kier alpha value is -3.31. The lowest BCUT2D eigenvalue weighted by atomic mass is 9.91.